The predicted octanol–water partition coefficient (Wildman–Crippen LogP) is 5.48. The first-order valence-corrected chi connectivity index (χ1v) is 10.8. The molecule has 0 aliphatic heterocycles. The second-order valence-corrected chi connectivity index (χ2v) is 9.54. The molecule has 4 bridgehead atoms. The molecule has 150 valence electrons. The van der Waals surface area contributed by atoms with E-state index in [1.54, 1.807) is 12.1 Å². The Hall–Kier alpha value is -2.62. The SMILES string of the molecule is O=C(CC12CC3CC(CC(C3)C1)C2)Nc1ccc(NC(=O)c2ccccc2)cc1. The maximum absolute atomic E-state index is 12.8. The number of hydrogen-bond acceptors (Lipinski definition) is 2. The van der Waals surface area contributed by atoms with Gasteiger partial charge in [0.2, 0.25) is 5.91 Å². The number of amides is 2. The molecule has 0 unspecified atom stereocenters. The van der Waals surface area contributed by atoms with Crippen molar-refractivity contribution in [1.29, 1.82) is 0 Å². The van der Waals surface area contributed by atoms with Crippen molar-refractivity contribution >= 4 is 23.2 Å². The maximum atomic E-state index is 12.8. The lowest BCUT2D eigenvalue weighted by molar-refractivity contribution is -0.124. The van der Waals surface area contributed by atoms with E-state index in [-0.39, 0.29) is 17.2 Å². The average molecular weight is 389 g/mol. The molecule has 4 fully saturated rings. The molecule has 2 N–H and O–H groups in total. The first kappa shape index (κ1) is 18.4. The third-order valence-corrected chi connectivity index (χ3v) is 7.16. The summed E-state index contributed by atoms with van der Waals surface area (Å²) in [5.41, 5.74) is 2.39. The van der Waals surface area contributed by atoms with Crippen LogP contribution in [0, 0.1) is 23.2 Å². The molecule has 0 aromatic heterocycles. The molecule has 0 atom stereocenters. The molecule has 2 aromatic carbocycles. The lowest BCUT2D eigenvalue weighted by atomic mass is 9.49. The van der Waals surface area contributed by atoms with Gasteiger partial charge in [-0.3, -0.25) is 9.59 Å². The highest BCUT2D eigenvalue weighted by Gasteiger charge is 2.51. The lowest BCUT2D eigenvalue weighted by Crippen LogP contribution is -2.47. The van der Waals surface area contributed by atoms with Gasteiger partial charge in [-0.05, 0) is 98.1 Å². The average Bonchev–Trinajstić information content (AvgIpc) is 2.68. The van der Waals surface area contributed by atoms with Crippen LogP contribution in [0.4, 0.5) is 11.4 Å². The van der Waals surface area contributed by atoms with Gasteiger partial charge in [0.15, 0.2) is 0 Å². The molecule has 6 rings (SSSR count). The number of carbonyl (C=O) groups is 2. The standard InChI is InChI=1S/C25H28N2O2/c28-23(16-25-13-17-10-18(14-25)12-19(11-17)15-25)26-21-6-8-22(9-7-21)27-24(29)20-4-2-1-3-5-20/h1-9,17-19H,10-16H2,(H,26,28)(H,27,29). The van der Waals surface area contributed by atoms with E-state index in [1.165, 1.54) is 38.5 Å². The van der Waals surface area contributed by atoms with Gasteiger partial charge in [-0.1, -0.05) is 18.2 Å². The van der Waals surface area contributed by atoms with Gasteiger partial charge in [0.25, 0.3) is 5.91 Å². The number of carbonyl (C=O) groups excluding carboxylic acids is 2. The van der Waals surface area contributed by atoms with Crippen LogP contribution in [0.2, 0.25) is 0 Å². The third-order valence-electron chi connectivity index (χ3n) is 7.16. The Kier molecular flexibility index (Phi) is 4.65. The number of benzene rings is 2. The third kappa shape index (κ3) is 3.93. The van der Waals surface area contributed by atoms with Crippen LogP contribution in [0.15, 0.2) is 54.6 Å². The summed E-state index contributed by atoms with van der Waals surface area (Å²) in [7, 11) is 0. The van der Waals surface area contributed by atoms with Crippen molar-refractivity contribution in [2.45, 2.75) is 44.9 Å². The minimum atomic E-state index is -0.135. The zero-order chi connectivity index (χ0) is 19.8. The van der Waals surface area contributed by atoms with Crippen molar-refractivity contribution in [1.82, 2.24) is 0 Å². The predicted molar refractivity (Wildman–Crippen MR) is 115 cm³/mol. The van der Waals surface area contributed by atoms with Crippen molar-refractivity contribution in [2.75, 3.05) is 10.6 Å². The molecule has 0 heterocycles. The van der Waals surface area contributed by atoms with Crippen LogP contribution >= 0.6 is 0 Å². The summed E-state index contributed by atoms with van der Waals surface area (Å²) < 4.78 is 0. The molecule has 29 heavy (non-hydrogen) atoms. The fourth-order valence-electron chi connectivity index (χ4n) is 6.48. The molecule has 4 aliphatic rings. The Bertz CT molecular complexity index is 869. The number of rotatable bonds is 5. The molecule has 0 saturated heterocycles. The summed E-state index contributed by atoms with van der Waals surface area (Å²) in [6.45, 7) is 0. The minimum absolute atomic E-state index is 0.132. The molecular weight excluding hydrogens is 360 g/mol. The Morgan fingerprint density at radius 2 is 1.28 bits per heavy atom. The number of nitrogens with one attached hydrogen (secondary N) is 2. The van der Waals surface area contributed by atoms with Crippen LogP contribution < -0.4 is 10.6 Å². The Balaban J connectivity index is 1.18. The molecule has 4 saturated carbocycles. The largest absolute Gasteiger partial charge is 0.326 e. The van der Waals surface area contributed by atoms with Crippen LogP contribution in [0.25, 0.3) is 0 Å². The Morgan fingerprint density at radius 1 is 0.759 bits per heavy atom. The highest BCUT2D eigenvalue weighted by molar-refractivity contribution is 6.04. The van der Waals surface area contributed by atoms with E-state index in [2.05, 4.69) is 10.6 Å². The van der Waals surface area contributed by atoms with Gasteiger partial charge in [0.1, 0.15) is 0 Å². The first-order valence-electron chi connectivity index (χ1n) is 10.8. The minimum Gasteiger partial charge on any atom is -0.326 e. The molecular formula is C25H28N2O2. The monoisotopic (exact) mass is 388 g/mol. The normalized spacial score (nSPS) is 29.4. The van der Waals surface area contributed by atoms with E-state index in [4.69, 9.17) is 0 Å². The van der Waals surface area contributed by atoms with Crippen molar-refractivity contribution in [3.8, 4) is 0 Å². The van der Waals surface area contributed by atoms with Crippen LogP contribution in [0.1, 0.15) is 55.3 Å². The summed E-state index contributed by atoms with van der Waals surface area (Å²) >= 11 is 0. The van der Waals surface area contributed by atoms with E-state index >= 15 is 0 Å². The van der Waals surface area contributed by atoms with Crippen LogP contribution in [0.3, 0.4) is 0 Å². The smallest absolute Gasteiger partial charge is 0.255 e. The summed E-state index contributed by atoms with van der Waals surface area (Å²) in [6, 6.07) is 16.5. The lowest BCUT2D eigenvalue weighted by Gasteiger charge is -2.56. The zero-order valence-electron chi connectivity index (χ0n) is 16.7. The van der Waals surface area contributed by atoms with Crippen molar-refractivity contribution in [3.63, 3.8) is 0 Å². The molecule has 2 aromatic rings. The molecule has 4 aliphatic carbocycles. The fraction of sp³-hybridized carbons (Fsp3) is 0.440. The van der Waals surface area contributed by atoms with Gasteiger partial charge in [0.05, 0.1) is 0 Å². The molecule has 2 amide bonds. The van der Waals surface area contributed by atoms with Gasteiger partial charge in [-0.2, -0.15) is 0 Å². The second-order valence-electron chi connectivity index (χ2n) is 9.54. The van der Waals surface area contributed by atoms with E-state index < -0.39 is 0 Å². The maximum Gasteiger partial charge on any atom is 0.255 e. The van der Waals surface area contributed by atoms with Crippen LogP contribution in [-0.2, 0) is 4.79 Å². The van der Waals surface area contributed by atoms with Crippen molar-refractivity contribution in [3.05, 3.63) is 60.2 Å². The topological polar surface area (TPSA) is 58.2 Å². The summed E-state index contributed by atoms with van der Waals surface area (Å²) in [4.78, 5) is 25.0. The van der Waals surface area contributed by atoms with E-state index in [1.807, 2.05) is 42.5 Å². The number of anilines is 2. The van der Waals surface area contributed by atoms with Crippen LogP contribution in [-0.4, -0.2) is 11.8 Å². The first-order chi connectivity index (χ1) is 14.1. The molecule has 4 heteroatoms. The summed E-state index contributed by atoms with van der Waals surface area (Å²) in [5, 5.41) is 5.97. The second kappa shape index (κ2) is 7.33. The summed E-state index contributed by atoms with van der Waals surface area (Å²) in [5.74, 6) is 2.59. The van der Waals surface area contributed by atoms with Gasteiger partial charge >= 0.3 is 0 Å². The number of hydrogen-bond donors (Lipinski definition) is 2. The highest BCUT2D eigenvalue weighted by atomic mass is 16.2. The van der Waals surface area contributed by atoms with Gasteiger partial charge in [-0.25, -0.2) is 0 Å². The summed E-state index contributed by atoms with van der Waals surface area (Å²) in [6.07, 6.45) is 8.60. The van der Waals surface area contributed by atoms with E-state index in [0.29, 0.717) is 12.0 Å². The fourth-order valence-corrected chi connectivity index (χ4v) is 6.48. The zero-order valence-corrected chi connectivity index (χ0v) is 16.7. The van der Waals surface area contributed by atoms with Gasteiger partial charge in [0, 0.05) is 23.4 Å². The molecule has 0 spiro atoms. The van der Waals surface area contributed by atoms with Gasteiger partial charge in [-0.15, -0.1) is 0 Å². The molecule has 4 nitrogen and oxygen atoms in total. The molecule has 0 radical (unpaired) electrons. The highest BCUT2D eigenvalue weighted by Crippen LogP contribution is 2.61. The van der Waals surface area contributed by atoms with Crippen LogP contribution in [0.5, 0.6) is 0 Å². The van der Waals surface area contributed by atoms with Crippen molar-refractivity contribution < 1.29 is 9.59 Å². The Labute approximate surface area is 172 Å². The van der Waals surface area contributed by atoms with E-state index in [0.717, 1.165) is 29.1 Å². The quantitative estimate of drug-likeness (QED) is 0.712. The van der Waals surface area contributed by atoms with Crippen molar-refractivity contribution in [2.24, 2.45) is 23.2 Å². The van der Waals surface area contributed by atoms with Gasteiger partial charge < -0.3 is 10.6 Å². The van der Waals surface area contributed by atoms with E-state index in [9.17, 15) is 9.59 Å². The Morgan fingerprint density at radius 3 is 1.83 bits per heavy atom.